The summed E-state index contributed by atoms with van der Waals surface area (Å²) < 4.78 is 11.4. The molecule has 20 heavy (non-hydrogen) atoms. The molecule has 0 aromatic carbocycles. The molecule has 2 saturated heterocycles. The zero-order valence-electron chi connectivity index (χ0n) is 13.7. The van der Waals surface area contributed by atoms with Crippen LogP contribution in [0.3, 0.4) is 0 Å². The van der Waals surface area contributed by atoms with Gasteiger partial charge in [0.15, 0.2) is 5.79 Å². The third-order valence-electron chi connectivity index (χ3n) is 4.61. The molecule has 0 aliphatic carbocycles. The van der Waals surface area contributed by atoms with Crippen LogP contribution in [0.5, 0.6) is 0 Å². The van der Waals surface area contributed by atoms with Crippen molar-refractivity contribution in [2.75, 3.05) is 32.8 Å². The predicted molar refractivity (Wildman–Crippen MR) is 81.8 cm³/mol. The van der Waals surface area contributed by atoms with Crippen LogP contribution in [0, 0.1) is 5.92 Å². The van der Waals surface area contributed by atoms with E-state index >= 15 is 0 Å². The van der Waals surface area contributed by atoms with Gasteiger partial charge in [0.2, 0.25) is 0 Å². The molecular weight excluding hydrogens is 252 g/mol. The molecular formula is C16H32N2O2. The molecule has 118 valence electrons. The number of piperidine rings is 1. The van der Waals surface area contributed by atoms with Crippen LogP contribution >= 0.6 is 0 Å². The number of hydrogen-bond donors (Lipinski definition) is 1. The lowest BCUT2D eigenvalue weighted by molar-refractivity contribution is -0.138. The van der Waals surface area contributed by atoms with Crippen molar-refractivity contribution in [1.82, 2.24) is 10.2 Å². The average molecular weight is 284 g/mol. The molecule has 4 heteroatoms. The fourth-order valence-corrected chi connectivity index (χ4v) is 3.34. The zero-order chi connectivity index (χ0) is 14.6. The molecule has 2 rings (SSSR count). The van der Waals surface area contributed by atoms with E-state index in [1.807, 2.05) is 13.8 Å². The van der Waals surface area contributed by atoms with E-state index in [1.54, 1.807) is 0 Å². The second kappa shape index (κ2) is 7.21. The van der Waals surface area contributed by atoms with Crippen molar-refractivity contribution >= 4 is 0 Å². The maximum absolute atomic E-state index is 5.84. The third-order valence-corrected chi connectivity index (χ3v) is 4.61. The van der Waals surface area contributed by atoms with Crippen molar-refractivity contribution in [3.8, 4) is 0 Å². The highest BCUT2D eigenvalue weighted by atomic mass is 16.7. The van der Waals surface area contributed by atoms with Crippen molar-refractivity contribution < 1.29 is 9.47 Å². The van der Waals surface area contributed by atoms with E-state index in [-0.39, 0.29) is 6.10 Å². The van der Waals surface area contributed by atoms with Gasteiger partial charge in [-0.2, -0.15) is 0 Å². The topological polar surface area (TPSA) is 33.7 Å². The summed E-state index contributed by atoms with van der Waals surface area (Å²) in [5, 5.41) is 3.66. The fourth-order valence-electron chi connectivity index (χ4n) is 3.34. The number of nitrogens with one attached hydrogen (secondary N) is 1. The van der Waals surface area contributed by atoms with Gasteiger partial charge in [0.05, 0.1) is 12.7 Å². The fraction of sp³-hybridized carbons (Fsp3) is 1.00. The highest BCUT2D eigenvalue weighted by Crippen LogP contribution is 2.23. The van der Waals surface area contributed by atoms with Crippen LogP contribution in [-0.2, 0) is 9.47 Å². The van der Waals surface area contributed by atoms with Gasteiger partial charge in [0, 0.05) is 12.6 Å². The molecule has 1 N–H and O–H groups in total. The van der Waals surface area contributed by atoms with Crippen LogP contribution in [-0.4, -0.2) is 55.6 Å². The number of nitrogens with zero attached hydrogens (tertiary/aromatic N) is 1. The first-order valence-electron chi connectivity index (χ1n) is 8.27. The van der Waals surface area contributed by atoms with Crippen molar-refractivity contribution in [3.63, 3.8) is 0 Å². The van der Waals surface area contributed by atoms with Gasteiger partial charge in [-0.05, 0) is 65.6 Å². The minimum absolute atomic E-state index is 0.202. The largest absolute Gasteiger partial charge is 0.348 e. The monoisotopic (exact) mass is 284 g/mol. The van der Waals surface area contributed by atoms with Crippen LogP contribution in [0.4, 0.5) is 0 Å². The molecule has 4 nitrogen and oxygen atoms in total. The van der Waals surface area contributed by atoms with Crippen molar-refractivity contribution in [1.29, 1.82) is 0 Å². The Labute approximate surface area is 124 Å². The number of likely N-dealkylation sites (tertiary alicyclic amines) is 1. The lowest BCUT2D eigenvalue weighted by Crippen LogP contribution is -2.44. The van der Waals surface area contributed by atoms with Gasteiger partial charge >= 0.3 is 0 Å². The van der Waals surface area contributed by atoms with Crippen LogP contribution in [0.25, 0.3) is 0 Å². The minimum atomic E-state index is -0.402. The standard InChI is InChI=1S/C16H32N2O2/c1-5-8-18-9-6-14(7-10-18)13(2)17-11-15-12-19-16(3,4)20-15/h13-15,17H,5-12H2,1-4H3. The zero-order valence-corrected chi connectivity index (χ0v) is 13.7. The van der Waals surface area contributed by atoms with E-state index in [9.17, 15) is 0 Å². The van der Waals surface area contributed by atoms with Crippen molar-refractivity contribution in [2.45, 2.75) is 64.9 Å². The van der Waals surface area contributed by atoms with E-state index < -0.39 is 5.79 Å². The molecule has 0 aromatic heterocycles. The first-order valence-corrected chi connectivity index (χ1v) is 8.27. The van der Waals surface area contributed by atoms with Crippen molar-refractivity contribution in [2.24, 2.45) is 5.92 Å². The van der Waals surface area contributed by atoms with E-state index in [4.69, 9.17) is 9.47 Å². The molecule has 0 radical (unpaired) electrons. The summed E-state index contributed by atoms with van der Waals surface area (Å²) in [7, 11) is 0. The molecule has 0 saturated carbocycles. The summed E-state index contributed by atoms with van der Waals surface area (Å²) in [4.78, 5) is 2.60. The molecule has 0 aromatic rings. The summed E-state index contributed by atoms with van der Waals surface area (Å²) in [6, 6.07) is 0.575. The van der Waals surface area contributed by atoms with Gasteiger partial charge in [0.25, 0.3) is 0 Å². The van der Waals surface area contributed by atoms with E-state index in [0.29, 0.717) is 12.6 Å². The van der Waals surface area contributed by atoms with E-state index in [1.165, 1.54) is 38.9 Å². The van der Waals surface area contributed by atoms with Crippen LogP contribution in [0.2, 0.25) is 0 Å². The van der Waals surface area contributed by atoms with Gasteiger partial charge in [-0.3, -0.25) is 0 Å². The number of hydrogen-bond acceptors (Lipinski definition) is 4. The SMILES string of the molecule is CCCN1CCC(C(C)NCC2COC(C)(C)O2)CC1. The quantitative estimate of drug-likeness (QED) is 0.811. The Morgan fingerprint density at radius 3 is 2.55 bits per heavy atom. The Morgan fingerprint density at radius 1 is 1.30 bits per heavy atom. The van der Waals surface area contributed by atoms with Gasteiger partial charge in [-0.25, -0.2) is 0 Å². The highest BCUT2D eigenvalue weighted by Gasteiger charge is 2.33. The normalized spacial score (nSPS) is 29.7. The van der Waals surface area contributed by atoms with Gasteiger partial charge < -0.3 is 19.7 Å². The molecule has 2 unspecified atom stereocenters. The van der Waals surface area contributed by atoms with Crippen molar-refractivity contribution in [3.05, 3.63) is 0 Å². The lowest BCUT2D eigenvalue weighted by atomic mass is 9.90. The smallest absolute Gasteiger partial charge is 0.163 e. The summed E-state index contributed by atoms with van der Waals surface area (Å²) in [5.41, 5.74) is 0. The Hall–Kier alpha value is -0.160. The van der Waals surface area contributed by atoms with E-state index in [2.05, 4.69) is 24.1 Å². The summed E-state index contributed by atoms with van der Waals surface area (Å²) in [6.07, 6.45) is 4.11. The third kappa shape index (κ3) is 4.69. The minimum Gasteiger partial charge on any atom is -0.348 e. The van der Waals surface area contributed by atoms with Crippen LogP contribution in [0.1, 0.15) is 47.0 Å². The predicted octanol–water partition coefficient (Wildman–Crippen LogP) is 2.24. The number of ether oxygens (including phenoxy) is 2. The number of rotatable bonds is 6. The Balaban J connectivity index is 1.64. The molecule has 0 bridgehead atoms. The maximum Gasteiger partial charge on any atom is 0.163 e. The summed E-state index contributed by atoms with van der Waals surface area (Å²) in [5.74, 6) is 0.402. The maximum atomic E-state index is 5.84. The van der Waals surface area contributed by atoms with Gasteiger partial charge in [0.1, 0.15) is 0 Å². The molecule has 2 atom stereocenters. The summed E-state index contributed by atoms with van der Waals surface area (Å²) >= 11 is 0. The summed E-state index contributed by atoms with van der Waals surface area (Å²) in [6.45, 7) is 14.0. The Morgan fingerprint density at radius 2 is 2.00 bits per heavy atom. The van der Waals surface area contributed by atoms with Gasteiger partial charge in [-0.1, -0.05) is 6.92 Å². The van der Waals surface area contributed by atoms with Crippen LogP contribution < -0.4 is 5.32 Å². The first-order chi connectivity index (χ1) is 9.50. The van der Waals surface area contributed by atoms with Gasteiger partial charge in [-0.15, -0.1) is 0 Å². The average Bonchev–Trinajstić information content (AvgIpc) is 2.77. The Bertz CT molecular complexity index is 288. The highest BCUT2D eigenvalue weighted by molar-refractivity contribution is 4.81. The Kier molecular flexibility index (Phi) is 5.84. The second-order valence-corrected chi connectivity index (χ2v) is 6.83. The first kappa shape index (κ1) is 16.2. The van der Waals surface area contributed by atoms with E-state index in [0.717, 1.165) is 12.5 Å². The van der Waals surface area contributed by atoms with Crippen LogP contribution in [0.15, 0.2) is 0 Å². The molecule has 2 fully saturated rings. The molecule has 2 heterocycles. The molecule has 0 amide bonds. The molecule has 2 aliphatic heterocycles. The molecule has 2 aliphatic rings. The molecule has 0 spiro atoms. The lowest BCUT2D eigenvalue weighted by Gasteiger charge is -2.35. The second-order valence-electron chi connectivity index (χ2n) is 6.83.